The minimum atomic E-state index is -0.795. The van der Waals surface area contributed by atoms with Gasteiger partial charge in [0.2, 0.25) is 5.91 Å². The lowest BCUT2D eigenvalue weighted by Gasteiger charge is -2.04. The average molecular weight is 302 g/mol. The molecule has 0 radical (unpaired) electrons. The monoisotopic (exact) mass is 302 g/mol. The van der Waals surface area contributed by atoms with Crippen LogP contribution in [0.4, 0.5) is 0 Å². The lowest BCUT2D eigenvalue weighted by atomic mass is 10.1. The lowest BCUT2D eigenvalue weighted by molar-refractivity contribution is -0.137. The number of aromatic amines is 1. The molecule has 0 saturated carbocycles. The molecule has 0 saturated heterocycles. The number of hydrogen-bond acceptors (Lipinski definition) is 2. The molecule has 22 heavy (non-hydrogen) atoms. The number of H-pyrrole nitrogens is 1. The van der Waals surface area contributed by atoms with Crippen LogP contribution in [0.5, 0.6) is 0 Å². The fraction of sp³-hybridized carbons (Fsp3) is 0.412. The maximum absolute atomic E-state index is 12.0. The van der Waals surface area contributed by atoms with Gasteiger partial charge in [-0.15, -0.1) is 0 Å². The third-order valence-electron chi connectivity index (χ3n) is 3.76. The number of fused-ring (bicyclic) bond motifs is 1. The molecular weight excluding hydrogens is 280 g/mol. The summed E-state index contributed by atoms with van der Waals surface area (Å²) < 4.78 is 0. The maximum atomic E-state index is 12.0. The molecule has 1 amide bonds. The highest BCUT2D eigenvalue weighted by Crippen LogP contribution is 2.22. The molecule has 5 nitrogen and oxygen atoms in total. The predicted octanol–water partition coefficient (Wildman–Crippen LogP) is 2.64. The Balaban J connectivity index is 1.88. The van der Waals surface area contributed by atoms with Crippen molar-refractivity contribution in [2.45, 2.75) is 39.0 Å². The largest absolute Gasteiger partial charge is 0.481 e. The van der Waals surface area contributed by atoms with Gasteiger partial charge in [-0.05, 0) is 30.4 Å². The molecule has 0 unspecified atom stereocenters. The summed E-state index contributed by atoms with van der Waals surface area (Å²) in [6, 6.07) is 6.13. The lowest BCUT2D eigenvalue weighted by Crippen LogP contribution is -2.26. The van der Waals surface area contributed by atoms with Crippen LogP contribution < -0.4 is 5.32 Å². The smallest absolute Gasteiger partial charge is 0.303 e. The average Bonchev–Trinajstić information content (AvgIpc) is 2.89. The molecule has 1 aromatic heterocycles. The fourth-order valence-corrected chi connectivity index (χ4v) is 2.58. The number of para-hydroxylation sites is 1. The number of benzene rings is 1. The van der Waals surface area contributed by atoms with Crippen LogP contribution in [0.3, 0.4) is 0 Å². The Bertz CT molecular complexity index is 661. The van der Waals surface area contributed by atoms with E-state index in [1.807, 2.05) is 18.3 Å². The van der Waals surface area contributed by atoms with Crippen molar-refractivity contribution < 1.29 is 14.7 Å². The van der Waals surface area contributed by atoms with Crippen molar-refractivity contribution in [3.63, 3.8) is 0 Å². The Morgan fingerprint density at radius 2 is 2.05 bits per heavy atom. The zero-order valence-electron chi connectivity index (χ0n) is 12.8. The van der Waals surface area contributed by atoms with Crippen LogP contribution in [-0.4, -0.2) is 28.5 Å². The van der Waals surface area contributed by atoms with Gasteiger partial charge in [0.05, 0.1) is 6.42 Å². The van der Waals surface area contributed by atoms with E-state index in [9.17, 15) is 9.59 Å². The van der Waals surface area contributed by atoms with Crippen molar-refractivity contribution in [1.82, 2.24) is 10.3 Å². The molecule has 0 aliphatic carbocycles. The second-order valence-corrected chi connectivity index (χ2v) is 5.38. The first-order valence-electron chi connectivity index (χ1n) is 7.68. The number of carbonyl (C=O) groups is 2. The molecule has 1 heterocycles. The number of aryl methyl sites for hydroxylation is 1. The second-order valence-electron chi connectivity index (χ2n) is 5.38. The number of aromatic nitrogens is 1. The third-order valence-corrected chi connectivity index (χ3v) is 3.76. The molecule has 0 fully saturated rings. The van der Waals surface area contributed by atoms with Crippen LogP contribution in [0, 0.1) is 0 Å². The van der Waals surface area contributed by atoms with Gasteiger partial charge in [0, 0.05) is 30.1 Å². The Kier molecular flexibility index (Phi) is 5.58. The number of unbranched alkanes of at least 4 members (excludes halogenated alkanes) is 1. The highest BCUT2D eigenvalue weighted by molar-refractivity contribution is 5.90. The molecule has 0 aliphatic rings. The molecule has 0 bridgehead atoms. The first-order valence-corrected chi connectivity index (χ1v) is 7.68. The Labute approximate surface area is 129 Å². The van der Waals surface area contributed by atoms with Gasteiger partial charge in [0.1, 0.15) is 0 Å². The van der Waals surface area contributed by atoms with Gasteiger partial charge < -0.3 is 15.4 Å². The molecule has 0 atom stereocenters. The second kappa shape index (κ2) is 7.64. The molecule has 2 rings (SSSR count). The van der Waals surface area contributed by atoms with Crippen molar-refractivity contribution in [2.24, 2.45) is 0 Å². The summed E-state index contributed by atoms with van der Waals surface area (Å²) in [5, 5.41) is 12.5. The summed E-state index contributed by atoms with van der Waals surface area (Å²) in [6.07, 6.45) is 4.61. The molecule has 5 heteroatoms. The number of hydrogen-bond donors (Lipinski definition) is 3. The van der Waals surface area contributed by atoms with Gasteiger partial charge in [-0.1, -0.05) is 25.1 Å². The van der Waals surface area contributed by atoms with E-state index in [0.717, 1.165) is 22.9 Å². The summed E-state index contributed by atoms with van der Waals surface area (Å²) in [5.41, 5.74) is 3.35. The molecule has 3 N–H and O–H groups in total. The van der Waals surface area contributed by atoms with Crippen LogP contribution in [0.25, 0.3) is 10.9 Å². The van der Waals surface area contributed by atoms with Crippen LogP contribution in [0.2, 0.25) is 0 Å². The van der Waals surface area contributed by atoms with E-state index in [-0.39, 0.29) is 12.3 Å². The number of rotatable bonds is 8. The summed E-state index contributed by atoms with van der Waals surface area (Å²) >= 11 is 0. The van der Waals surface area contributed by atoms with E-state index in [1.54, 1.807) is 0 Å². The number of nitrogens with one attached hydrogen (secondary N) is 2. The van der Waals surface area contributed by atoms with Gasteiger partial charge in [-0.2, -0.15) is 0 Å². The highest BCUT2D eigenvalue weighted by Gasteiger charge is 2.10. The Hall–Kier alpha value is -2.30. The normalized spacial score (nSPS) is 10.8. The molecule has 0 spiro atoms. The van der Waals surface area contributed by atoms with E-state index >= 15 is 0 Å². The minimum Gasteiger partial charge on any atom is -0.481 e. The summed E-state index contributed by atoms with van der Waals surface area (Å²) in [4.78, 5) is 25.6. The summed E-state index contributed by atoms with van der Waals surface area (Å²) in [5.74, 6) is -0.824. The predicted molar refractivity (Wildman–Crippen MR) is 85.9 cm³/mol. The van der Waals surface area contributed by atoms with Crippen molar-refractivity contribution >= 4 is 22.8 Å². The molecule has 0 aliphatic heterocycles. The van der Waals surface area contributed by atoms with Gasteiger partial charge in [-0.3, -0.25) is 9.59 Å². The van der Waals surface area contributed by atoms with Gasteiger partial charge in [0.25, 0.3) is 0 Å². The zero-order chi connectivity index (χ0) is 15.9. The van der Waals surface area contributed by atoms with Gasteiger partial charge in [-0.25, -0.2) is 0 Å². The number of carboxylic acid groups (broad SMARTS) is 1. The zero-order valence-corrected chi connectivity index (χ0v) is 12.8. The highest BCUT2D eigenvalue weighted by atomic mass is 16.4. The molecule has 1 aromatic carbocycles. The number of carboxylic acids is 1. The van der Waals surface area contributed by atoms with Crippen molar-refractivity contribution in [2.75, 3.05) is 6.54 Å². The Morgan fingerprint density at radius 3 is 2.77 bits per heavy atom. The SMILES string of the molecule is CCc1cccc2c(CC(=O)NCCCCC(=O)O)c[nH]c12. The van der Waals surface area contributed by atoms with E-state index < -0.39 is 5.97 Å². The van der Waals surface area contributed by atoms with Crippen molar-refractivity contribution in [3.8, 4) is 0 Å². The third kappa shape index (κ3) is 4.10. The molecule has 118 valence electrons. The number of carbonyl (C=O) groups excluding carboxylic acids is 1. The van der Waals surface area contributed by atoms with Crippen LogP contribution >= 0.6 is 0 Å². The van der Waals surface area contributed by atoms with Crippen LogP contribution in [0.1, 0.15) is 37.3 Å². The summed E-state index contributed by atoms with van der Waals surface area (Å²) in [6.45, 7) is 2.63. The minimum absolute atomic E-state index is 0.0295. The quantitative estimate of drug-likeness (QED) is 0.656. The van der Waals surface area contributed by atoms with E-state index in [0.29, 0.717) is 25.8 Å². The fourth-order valence-electron chi connectivity index (χ4n) is 2.58. The van der Waals surface area contributed by atoms with Crippen molar-refractivity contribution in [1.29, 1.82) is 0 Å². The van der Waals surface area contributed by atoms with E-state index in [2.05, 4.69) is 23.3 Å². The molecule has 2 aromatic rings. The standard InChI is InChI=1S/C17H22N2O3/c1-2-12-6-5-7-14-13(11-19-17(12)14)10-15(20)18-9-4-3-8-16(21)22/h5-7,11,19H,2-4,8-10H2,1H3,(H,18,20)(H,21,22). The Morgan fingerprint density at radius 1 is 1.23 bits per heavy atom. The van der Waals surface area contributed by atoms with E-state index in [1.165, 1.54) is 5.56 Å². The number of aliphatic carboxylic acids is 1. The summed E-state index contributed by atoms with van der Waals surface area (Å²) in [7, 11) is 0. The first-order chi connectivity index (χ1) is 10.6. The van der Waals surface area contributed by atoms with Gasteiger partial charge >= 0.3 is 5.97 Å². The van der Waals surface area contributed by atoms with E-state index in [4.69, 9.17) is 5.11 Å². The van der Waals surface area contributed by atoms with Crippen LogP contribution in [0.15, 0.2) is 24.4 Å². The van der Waals surface area contributed by atoms with Crippen molar-refractivity contribution in [3.05, 3.63) is 35.5 Å². The first kappa shape index (κ1) is 16.1. The topological polar surface area (TPSA) is 82.2 Å². The van der Waals surface area contributed by atoms with Gasteiger partial charge in [0.15, 0.2) is 0 Å². The maximum Gasteiger partial charge on any atom is 0.303 e. The van der Waals surface area contributed by atoms with Crippen LogP contribution in [-0.2, 0) is 22.4 Å². The number of amides is 1. The molecular formula is C17H22N2O3.